The Balaban J connectivity index is 2.06. The van der Waals surface area contributed by atoms with Gasteiger partial charge in [-0.25, -0.2) is 18.4 Å². The third kappa shape index (κ3) is 4.90. The number of nitrogens with zero attached hydrogens (tertiary/aromatic N) is 1. The predicted molar refractivity (Wildman–Crippen MR) is 121 cm³/mol. The molecule has 34 heavy (non-hydrogen) atoms. The van der Waals surface area contributed by atoms with Crippen LogP contribution in [0.2, 0.25) is 5.02 Å². The lowest BCUT2D eigenvalue weighted by Gasteiger charge is -2.15. The van der Waals surface area contributed by atoms with Crippen LogP contribution in [0, 0.1) is 11.6 Å². The molecule has 1 aromatic heterocycles. The second kappa shape index (κ2) is 10.2. The van der Waals surface area contributed by atoms with E-state index in [1.807, 2.05) is 6.92 Å². The molecule has 0 atom stereocenters. The fraction of sp³-hybridized carbons (Fsp3) is 0.227. The molecule has 2 amide bonds. The van der Waals surface area contributed by atoms with E-state index >= 15 is 0 Å². The van der Waals surface area contributed by atoms with E-state index in [9.17, 15) is 23.2 Å². The van der Waals surface area contributed by atoms with Crippen LogP contribution in [0.25, 0.3) is 10.1 Å². The number of carbonyl (C=O) groups excluding carboxylic acids is 3. The summed E-state index contributed by atoms with van der Waals surface area (Å²) >= 11 is 7.57. The Morgan fingerprint density at radius 1 is 1.18 bits per heavy atom. The van der Waals surface area contributed by atoms with E-state index in [1.165, 1.54) is 7.05 Å². The molecule has 0 radical (unpaired) electrons. The number of aryl methyl sites for hydroxylation is 1. The Kier molecular flexibility index (Phi) is 7.57. The molecule has 0 aliphatic rings. The van der Waals surface area contributed by atoms with Gasteiger partial charge in [-0.3, -0.25) is 4.79 Å². The summed E-state index contributed by atoms with van der Waals surface area (Å²) < 4.78 is 39.3. The number of primary amides is 1. The minimum Gasteiger partial charge on any atom is -0.483 e. The number of hydroxylamine groups is 2. The summed E-state index contributed by atoms with van der Waals surface area (Å²) in [4.78, 5) is 40.7. The first kappa shape index (κ1) is 25.2. The van der Waals surface area contributed by atoms with Gasteiger partial charge in [0.05, 0.1) is 19.2 Å². The van der Waals surface area contributed by atoms with Gasteiger partial charge in [-0.1, -0.05) is 24.6 Å². The summed E-state index contributed by atoms with van der Waals surface area (Å²) in [6, 6.07) is 5.03. The number of carbonyl (C=O) groups is 3. The van der Waals surface area contributed by atoms with Crippen LogP contribution in [0.1, 0.15) is 38.1 Å². The molecule has 180 valence electrons. The molecule has 1 heterocycles. The number of halogens is 3. The van der Waals surface area contributed by atoms with E-state index in [-0.39, 0.29) is 16.0 Å². The van der Waals surface area contributed by atoms with Crippen LogP contribution in [0.3, 0.4) is 0 Å². The van der Waals surface area contributed by atoms with E-state index in [1.54, 1.807) is 12.1 Å². The smallest absolute Gasteiger partial charge is 0.442 e. The fourth-order valence-corrected chi connectivity index (χ4v) is 4.70. The Labute approximate surface area is 201 Å². The summed E-state index contributed by atoms with van der Waals surface area (Å²) in [5.41, 5.74) is 5.69. The van der Waals surface area contributed by atoms with Crippen LogP contribution in [-0.4, -0.2) is 37.2 Å². The van der Waals surface area contributed by atoms with Gasteiger partial charge in [0.1, 0.15) is 11.5 Å². The Hall–Kier alpha value is -3.44. The maximum Gasteiger partial charge on any atom is 0.442 e. The molecule has 0 unspecified atom stereocenters. The van der Waals surface area contributed by atoms with Crippen LogP contribution in [-0.2, 0) is 22.6 Å². The van der Waals surface area contributed by atoms with Crippen molar-refractivity contribution in [1.29, 1.82) is 0 Å². The van der Waals surface area contributed by atoms with E-state index in [0.29, 0.717) is 26.6 Å². The minimum absolute atomic E-state index is 0.00970. The average Bonchev–Trinajstić information content (AvgIpc) is 3.17. The third-order valence-electron chi connectivity index (χ3n) is 4.83. The molecule has 2 aromatic carbocycles. The van der Waals surface area contributed by atoms with Gasteiger partial charge in [0, 0.05) is 21.2 Å². The van der Waals surface area contributed by atoms with Gasteiger partial charge in [-0.2, -0.15) is 0 Å². The largest absolute Gasteiger partial charge is 0.483 e. The molecule has 3 aromatic rings. The second-order valence-corrected chi connectivity index (χ2v) is 8.37. The fourth-order valence-electron chi connectivity index (χ4n) is 3.14. The first-order valence-electron chi connectivity index (χ1n) is 9.77. The number of benzene rings is 2. The lowest BCUT2D eigenvalue weighted by atomic mass is 10.1. The van der Waals surface area contributed by atoms with Crippen molar-refractivity contribution in [2.45, 2.75) is 20.0 Å². The zero-order valence-electron chi connectivity index (χ0n) is 18.2. The monoisotopic (exact) mass is 512 g/mol. The Bertz CT molecular complexity index is 1270. The van der Waals surface area contributed by atoms with Crippen LogP contribution < -0.4 is 10.5 Å². The lowest BCUT2D eigenvalue weighted by molar-refractivity contribution is -0.0738. The van der Waals surface area contributed by atoms with Gasteiger partial charge in [0.25, 0.3) is 0 Å². The maximum absolute atomic E-state index is 14.4. The molecule has 0 fully saturated rings. The van der Waals surface area contributed by atoms with Crippen molar-refractivity contribution in [1.82, 2.24) is 5.06 Å². The summed E-state index contributed by atoms with van der Waals surface area (Å²) in [7, 11) is 2.30. The molecule has 0 aliphatic carbocycles. The van der Waals surface area contributed by atoms with Gasteiger partial charge in [0.2, 0.25) is 5.91 Å². The van der Waals surface area contributed by atoms with Crippen molar-refractivity contribution in [3.63, 3.8) is 0 Å². The van der Waals surface area contributed by atoms with Crippen molar-refractivity contribution in [2.75, 3.05) is 14.2 Å². The van der Waals surface area contributed by atoms with Crippen molar-refractivity contribution in [2.24, 2.45) is 5.73 Å². The number of methoxy groups -OCH3 is 1. The predicted octanol–water partition coefficient (Wildman–Crippen LogP) is 4.84. The van der Waals surface area contributed by atoms with Crippen molar-refractivity contribution in [3.05, 3.63) is 62.5 Å². The number of hydrogen-bond donors (Lipinski definition) is 1. The van der Waals surface area contributed by atoms with E-state index in [4.69, 9.17) is 26.9 Å². The van der Waals surface area contributed by atoms with Crippen LogP contribution >= 0.6 is 22.9 Å². The normalized spacial score (nSPS) is 10.8. The van der Waals surface area contributed by atoms with Crippen LogP contribution in [0.4, 0.5) is 13.6 Å². The Morgan fingerprint density at radius 2 is 1.82 bits per heavy atom. The Morgan fingerprint density at radius 3 is 2.38 bits per heavy atom. The van der Waals surface area contributed by atoms with Crippen molar-refractivity contribution in [3.8, 4) is 5.75 Å². The SMILES string of the molecule is CCc1ccc2sc(C(=O)ON(C)C(=O)OC)c(COc3c(F)cc(C(N)=O)cc3F)c2c1Cl. The van der Waals surface area contributed by atoms with Gasteiger partial charge in [-0.15, -0.1) is 16.4 Å². The summed E-state index contributed by atoms with van der Waals surface area (Å²) in [6.07, 6.45) is -0.328. The first-order chi connectivity index (χ1) is 16.1. The maximum atomic E-state index is 14.4. The number of ether oxygens (including phenoxy) is 2. The number of rotatable bonds is 6. The van der Waals surface area contributed by atoms with Gasteiger partial charge in [0.15, 0.2) is 17.4 Å². The number of thiophene rings is 1. The third-order valence-corrected chi connectivity index (χ3v) is 6.44. The molecule has 0 spiro atoms. The number of hydrogen-bond acceptors (Lipinski definition) is 7. The summed E-state index contributed by atoms with van der Waals surface area (Å²) in [6.45, 7) is 1.42. The number of nitrogens with two attached hydrogens (primary N) is 1. The average molecular weight is 513 g/mol. The highest BCUT2D eigenvalue weighted by Gasteiger charge is 2.26. The lowest BCUT2D eigenvalue weighted by Crippen LogP contribution is -2.29. The van der Waals surface area contributed by atoms with E-state index in [0.717, 1.165) is 36.1 Å². The van der Waals surface area contributed by atoms with Gasteiger partial charge >= 0.3 is 12.1 Å². The second-order valence-electron chi connectivity index (χ2n) is 6.94. The highest BCUT2D eigenvalue weighted by atomic mass is 35.5. The summed E-state index contributed by atoms with van der Waals surface area (Å²) in [5.74, 6) is -5.00. The van der Waals surface area contributed by atoms with Crippen molar-refractivity contribution < 1.29 is 37.5 Å². The highest BCUT2D eigenvalue weighted by molar-refractivity contribution is 7.21. The molecule has 2 N–H and O–H groups in total. The molecular formula is C22H19ClF2N2O6S. The van der Waals surface area contributed by atoms with E-state index < -0.39 is 42.0 Å². The zero-order valence-corrected chi connectivity index (χ0v) is 19.8. The minimum atomic E-state index is -1.15. The standard InChI is InChI=1S/C22H19ClF2N2O6S/c1-4-10-5-6-15-16(17(10)23)12(19(34-15)21(29)33-27(2)22(30)31-3)9-32-18-13(24)7-11(20(26)28)8-14(18)25/h5-8H,4,9H2,1-3H3,(H2,26,28). The van der Waals surface area contributed by atoms with Crippen LogP contribution in [0.5, 0.6) is 5.75 Å². The highest BCUT2D eigenvalue weighted by Crippen LogP contribution is 2.39. The molecule has 8 nitrogen and oxygen atoms in total. The van der Waals surface area contributed by atoms with Gasteiger partial charge in [-0.05, 0) is 30.2 Å². The van der Waals surface area contributed by atoms with E-state index in [2.05, 4.69) is 4.74 Å². The quantitative estimate of drug-likeness (QED) is 0.473. The summed E-state index contributed by atoms with van der Waals surface area (Å²) in [5, 5.41) is 1.40. The van der Waals surface area contributed by atoms with Crippen molar-refractivity contribution >= 4 is 51.0 Å². The molecule has 3 rings (SSSR count). The molecule has 0 saturated carbocycles. The first-order valence-corrected chi connectivity index (χ1v) is 11.0. The number of amides is 2. The zero-order chi connectivity index (χ0) is 25.2. The molecular weight excluding hydrogens is 494 g/mol. The van der Waals surface area contributed by atoms with Gasteiger partial charge < -0.3 is 20.0 Å². The number of fused-ring (bicyclic) bond motifs is 1. The molecule has 0 saturated heterocycles. The molecule has 0 bridgehead atoms. The van der Waals surface area contributed by atoms with Crippen LogP contribution in [0.15, 0.2) is 24.3 Å². The molecule has 12 heteroatoms. The molecule has 0 aliphatic heterocycles. The topological polar surface area (TPSA) is 108 Å².